The molecule has 0 bridgehead atoms. The zero-order valence-corrected chi connectivity index (χ0v) is 15.9. The van der Waals surface area contributed by atoms with Gasteiger partial charge in [0.2, 0.25) is 5.91 Å². The van der Waals surface area contributed by atoms with Crippen LogP contribution in [0.5, 0.6) is 0 Å². The highest BCUT2D eigenvalue weighted by Crippen LogP contribution is 2.27. The first kappa shape index (κ1) is 17.8. The van der Waals surface area contributed by atoms with Crippen molar-refractivity contribution in [3.63, 3.8) is 0 Å². The third-order valence-corrected chi connectivity index (χ3v) is 5.72. The fourth-order valence-corrected chi connectivity index (χ4v) is 3.88. The minimum atomic E-state index is 0.0530. The van der Waals surface area contributed by atoms with Crippen LogP contribution in [0, 0.1) is 0 Å². The van der Waals surface area contributed by atoms with Crippen molar-refractivity contribution in [1.29, 1.82) is 0 Å². The number of hydrogen-bond donors (Lipinski definition) is 1. The van der Waals surface area contributed by atoms with Crippen LogP contribution in [0.1, 0.15) is 25.7 Å². The number of nitrogens with one attached hydrogen (secondary N) is 1. The number of rotatable bonds is 7. The topological polar surface area (TPSA) is 69.0 Å². The number of amides is 1. The van der Waals surface area contributed by atoms with Gasteiger partial charge in [-0.25, -0.2) is 0 Å². The summed E-state index contributed by atoms with van der Waals surface area (Å²) >= 11 is 7.42. The van der Waals surface area contributed by atoms with Crippen molar-refractivity contribution in [3.05, 3.63) is 29.3 Å². The van der Waals surface area contributed by atoms with E-state index in [-0.39, 0.29) is 12.0 Å². The van der Waals surface area contributed by atoms with E-state index in [1.807, 2.05) is 24.3 Å². The van der Waals surface area contributed by atoms with E-state index in [0.29, 0.717) is 23.4 Å². The Morgan fingerprint density at radius 2 is 2.08 bits per heavy atom. The van der Waals surface area contributed by atoms with Gasteiger partial charge in [-0.2, -0.15) is 0 Å². The Bertz CT molecular complexity index is 770. The van der Waals surface area contributed by atoms with Gasteiger partial charge < -0.3 is 10.1 Å². The number of nitrogens with zero attached hydrogens (tertiary/aromatic N) is 3. The maximum absolute atomic E-state index is 12.0. The standard InChI is InChI=1S/C18H21ClN4O2S/c19-13-5-3-12(4-6-13)17-21-22-18(23(17)10-15-2-1-9-25-15)26-11-16(24)20-14-7-8-14/h3-6,14-15H,1-2,7-11H2,(H,20,24)/t15-/m1/s1. The molecule has 1 saturated carbocycles. The average molecular weight is 393 g/mol. The van der Waals surface area contributed by atoms with Crippen LogP contribution in [0.4, 0.5) is 0 Å². The van der Waals surface area contributed by atoms with E-state index in [2.05, 4.69) is 20.1 Å². The molecule has 1 N–H and O–H groups in total. The lowest BCUT2D eigenvalue weighted by Gasteiger charge is -2.14. The van der Waals surface area contributed by atoms with Crippen molar-refractivity contribution < 1.29 is 9.53 Å². The summed E-state index contributed by atoms with van der Waals surface area (Å²) in [5, 5.41) is 13.1. The average Bonchev–Trinajstić information content (AvgIpc) is 3.14. The molecule has 0 spiro atoms. The predicted octanol–water partition coefficient (Wildman–Crippen LogP) is 3.15. The number of ether oxygens (including phenoxy) is 1. The highest BCUT2D eigenvalue weighted by molar-refractivity contribution is 7.99. The lowest BCUT2D eigenvalue weighted by Crippen LogP contribution is -2.27. The van der Waals surface area contributed by atoms with Gasteiger partial charge in [0.15, 0.2) is 11.0 Å². The van der Waals surface area contributed by atoms with Crippen molar-refractivity contribution in [1.82, 2.24) is 20.1 Å². The minimum absolute atomic E-state index is 0.0530. The quantitative estimate of drug-likeness (QED) is 0.733. The molecule has 1 aromatic carbocycles. The van der Waals surface area contributed by atoms with Gasteiger partial charge in [-0.3, -0.25) is 9.36 Å². The third-order valence-electron chi connectivity index (χ3n) is 4.50. The first-order valence-corrected chi connectivity index (χ1v) is 10.3. The van der Waals surface area contributed by atoms with Gasteiger partial charge in [0.25, 0.3) is 0 Å². The lowest BCUT2D eigenvalue weighted by molar-refractivity contribution is -0.118. The second-order valence-electron chi connectivity index (χ2n) is 6.69. The van der Waals surface area contributed by atoms with Crippen LogP contribution in [-0.2, 0) is 16.1 Å². The Hall–Kier alpha value is -1.57. The van der Waals surface area contributed by atoms with Crippen LogP contribution in [0.25, 0.3) is 11.4 Å². The molecule has 1 aliphatic heterocycles. The van der Waals surface area contributed by atoms with Gasteiger partial charge in [-0.05, 0) is 49.9 Å². The monoisotopic (exact) mass is 392 g/mol. The van der Waals surface area contributed by atoms with Crippen LogP contribution in [-0.4, -0.2) is 45.2 Å². The molecule has 4 rings (SSSR count). The van der Waals surface area contributed by atoms with Crippen molar-refractivity contribution in [2.45, 2.75) is 49.5 Å². The van der Waals surface area contributed by atoms with Crippen molar-refractivity contribution in [3.8, 4) is 11.4 Å². The van der Waals surface area contributed by atoms with Crippen LogP contribution >= 0.6 is 23.4 Å². The first-order chi connectivity index (χ1) is 12.7. The number of thioether (sulfide) groups is 1. The van der Waals surface area contributed by atoms with E-state index in [4.69, 9.17) is 16.3 Å². The first-order valence-electron chi connectivity index (χ1n) is 8.92. The fourth-order valence-electron chi connectivity index (χ4n) is 2.99. The zero-order valence-electron chi connectivity index (χ0n) is 14.4. The summed E-state index contributed by atoms with van der Waals surface area (Å²) in [6.07, 6.45) is 4.45. The van der Waals surface area contributed by atoms with Crippen molar-refractivity contribution >= 4 is 29.3 Å². The molecule has 2 aliphatic rings. The van der Waals surface area contributed by atoms with E-state index in [1.54, 1.807) is 0 Å². The number of halogens is 1. The molecule has 1 saturated heterocycles. The zero-order chi connectivity index (χ0) is 17.9. The summed E-state index contributed by atoms with van der Waals surface area (Å²) in [7, 11) is 0. The van der Waals surface area contributed by atoms with Crippen LogP contribution in [0.3, 0.4) is 0 Å². The summed E-state index contributed by atoms with van der Waals surface area (Å²) in [4.78, 5) is 12.0. The van der Waals surface area contributed by atoms with E-state index in [9.17, 15) is 4.79 Å². The van der Waals surface area contributed by atoms with Gasteiger partial charge in [-0.1, -0.05) is 23.4 Å². The normalized spacial score (nSPS) is 19.7. The maximum Gasteiger partial charge on any atom is 0.230 e. The third kappa shape index (κ3) is 4.39. The molecule has 0 radical (unpaired) electrons. The molecule has 0 unspecified atom stereocenters. The van der Waals surface area contributed by atoms with Gasteiger partial charge >= 0.3 is 0 Å². The predicted molar refractivity (Wildman–Crippen MR) is 101 cm³/mol. The Morgan fingerprint density at radius 3 is 2.77 bits per heavy atom. The molecule has 1 atom stereocenters. The van der Waals surface area contributed by atoms with Gasteiger partial charge in [-0.15, -0.1) is 10.2 Å². The summed E-state index contributed by atoms with van der Waals surface area (Å²) in [6, 6.07) is 7.94. The number of carbonyl (C=O) groups excluding carboxylic acids is 1. The number of benzene rings is 1. The summed E-state index contributed by atoms with van der Waals surface area (Å²) in [5.74, 6) is 1.18. The minimum Gasteiger partial charge on any atom is -0.376 e. The fraction of sp³-hybridized carbons (Fsp3) is 0.500. The number of aromatic nitrogens is 3. The Labute approximate surface area is 161 Å². The molecular formula is C18H21ClN4O2S. The molecule has 2 fully saturated rings. The molecule has 26 heavy (non-hydrogen) atoms. The van der Waals surface area contributed by atoms with Crippen molar-refractivity contribution in [2.24, 2.45) is 0 Å². The SMILES string of the molecule is O=C(CSc1nnc(-c2ccc(Cl)cc2)n1C[C@H]1CCCO1)NC1CC1. The Balaban J connectivity index is 1.53. The summed E-state index contributed by atoms with van der Waals surface area (Å²) in [6.45, 7) is 1.49. The number of carbonyl (C=O) groups is 1. The van der Waals surface area contributed by atoms with E-state index >= 15 is 0 Å². The van der Waals surface area contributed by atoms with Gasteiger partial charge in [0, 0.05) is 23.2 Å². The number of hydrogen-bond acceptors (Lipinski definition) is 5. The molecule has 1 aliphatic carbocycles. The molecule has 2 heterocycles. The van der Waals surface area contributed by atoms with Crippen LogP contribution in [0.15, 0.2) is 29.4 Å². The van der Waals surface area contributed by atoms with Gasteiger partial charge in [0.05, 0.1) is 18.4 Å². The Morgan fingerprint density at radius 1 is 1.27 bits per heavy atom. The largest absolute Gasteiger partial charge is 0.376 e. The van der Waals surface area contributed by atoms with Crippen molar-refractivity contribution in [2.75, 3.05) is 12.4 Å². The second kappa shape index (κ2) is 7.98. The highest BCUT2D eigenvalue weighted by Gasteiger charge is 2.25. The van der Waals surface area contributed by atoms with E-state index < -0.39 is 0 Å². The molecule has 138 valence electrons. The summed E-state index contributed by atoms with van der Waals surface area (Å²) < 4.78 is 7.86. The van der Waals surface area contributed by atoms with E-state index in [1.165, 1.54) is 11.8 Å². The second-order valence-corrected chi connectivity index (χ2v) is 8.07. The van der Waals surface area contributed by atoms with Crippen LogP contribution < -0.4 is 5.32 Å². The van der Waals surface area contributed by atoms with Crippen LogP contribution in [0.2, 0.25) is 5.02 Å². The molecule has 8 heteroatoms. The molecule has 1 amide bonds. The van der Waals surface area contributed by atoms with Gasteiger partial charge in [0.1, 0.15) is 0 Å². The Kier molecular flexibility index (Phi) is 5.47. The van der Waals surface area contributed by atoms with E-state index in [0.717, 1.165) is 48.8 Å². The molecular weight excluding hydrogens is 372 g/mol. The molecule has 1 aromatic heterocycles. The summed E-state index contributed by atoms with van der Waals surface area (Å²) in [5.41, 5.74) is 0.953. The smallest absolute Gasteiger partial charge is 0.230 e. The maximum atomic E-state index is 12.0. The highest BCUT2D eigenvalue weighted by atomic mass is 35.5. The lowest BCUT2D eigenvalue weighted by atomic mass is 10.2. The molecule has 6 nitrogen and oxygen atoms in total. The molecule has 2 aromatic rings.